The quantitative estimate of drug-likeness (QED) is 0.168. The molecular formula is C24H41NO5. The predicted octanol–water partition coefficient (Wildman–Crippen LogP) is 4.69. The number of nitrogens with one attached hydrogen (secondary N) is 1. The second-order valence-corrected chi connectivity index (χ2v) is 7.49. The molecule has 0 aliphatic rings. The normalized spacial score (nSPS) is 10.7. The molecule has 0 radical (unpaired) electrons. The van der Waals surface area contributed by atoms with E-state index >= 15 is 0 Å². The highest BCUT2D eigenvalue weighted by atomic mass is 16.6. The van der Waals surface area contributed by atoms with Gasteiger partial charge in [0.25, 0.3) is 0 Å². The van der Waals surface area contributed by atoms with Gasteiger partial charge in [0.1, 0.15) is 0 Å². The largest absolute Gasteiger partial charge is 0.464 e. The van der Waals surface area contributed by atoms with Gasteiger partial charge in [0.05, 0.1) is 19.6 Å². The lowest BCUT2D eigenvalue weighted by Crippen LogP contribution is -2.61. The van der Waals surface area contributed by atoms with Crippen LogP contribution in [0.3, 0.4) is 0 Å². The first-order chi connectivity index (χ1) is 14.4. The number of ether oxygens (including phenoxy) is 2. The molecule has 6 heteroatoms. The van der Waals surface area contributed by atoms with E-state index in [1.807, 2.05) is 0 Å². The van der Waals surface area contributed by atoms with Crippen molar-refractivity contribution in [3.05, 3.63) is 0 Å². The van der Waals surface area contributed by atoms with Crippen LogP contribution in [0.1, 0.15) is 105 Å². The molecule has 0 unspecified atom stereocenters. The molecule has 6 nitrogen and oxygen atoms in total. The summed E-state index contributed by atoms with van der Waals surface area (Å²) in [7, 11) is 0. The van der Waals surface area contributed by atoms with Gasteiger partial charge in [-0.3, -0.25) is 4.79 Å². The van der Waals surface area contributed by atoms with Gasteiger partial charge in [-0.1, -0.05) is 70.6 Å². The molecular weight excluding hydrogens is 382 g/mol. The number of hydrogen-bond acceptors (Lipinski definition) is 5. The number of rotatable bonds is 16. The average Bonchev–Trinajstić information content (AvgIpc) is 2.70. The van der Waals surface area contributed by atoms with E-state index in [9.17, 15) is 14.4 Å². The van der Waals surface area contributed by atoms with Crippen molar-refractivity contribution in [3.63, 3.8) is 0 Å². The molecule has 0 rings (SSSR count). The van der Waals surface area contributed by atoms with E-state index in [0.717, 1.165) is 12.8 Å². The highest BCUT2D eigenvalue weighted by Gasteiger charge is 2.49. The summed E-state index contributed by atoms with van der Waals surface area (Å²) in [6.07, 6.45) is 13.0. The van der Waals surface area contributed by atoms with Crippen LogP contribution in [0, 0.1) is 11.8 Å². The molecule has 0 aliphatic heterocycles. The molecule has 0 saturated heterocycles. The molecule has 0 aromatic rings. The smallest absolute Gasteiger partial charge is 0.344 e. The Hall–Kier alpha value is -2.03. The van der Waals surface area contributed by atoms with Gasteiger partial charge in [0.15, 0.2) is 0 Å². The molecule has 0 spiro atoms. The molecule has 0 atom stereocenters. The Labute approximate surface area is 182 Å². The van der Waals surface area contributed by atoms with Crippen LogP contribution in [-0.2, 0) is 23.9 Å². The Kier molecular flexibility index (Phi) is 16.6. The van der Waals surface area contributed by atoms with Gasteiger partial charge in [-0.15, -0.1) is 5.92 Å². The van der Waals surface area contributed by atoms with E-state index in [4.69, 9.17) is 9.47 Å². The van der Waals surface area contributed by atoms with Crippen molar-refractivity contribution in [2.24, 2.45) is 0 Å². The first-order valence-corrected chi connectivity index (χ1v) is 11.5. The topological polar surface area (TPSA) is 81.7 Å². The summed E-state index contributed by atoms with van der Waals surface area (Å²) in [4.78, 5) is 36.6. The van der Waals surface area contributed by atoms with Gasteiger partial charge in [0.2, 0.25) is 11.4 Å². The zero-order valence-electron chi connectivity index (χ0n) is 19.4. The van der Waals surface area contributed by atoms with Crippen molar-refractivity contribution in [1.82, 2.24) is 5.32 Å². The second-order valence-electron chi connectivity index (χ2n) is 7.49. The molecule has 1 amide bonds. The first-order valence-electron chi connectivity index (χ1n) is 11.5. The number of carbonyl (C=O) groups excluding carboxylic acids is 3. The fourth-order valence-corrected chi connectivity index (χ4v) is 3.17. The van der Waals surface area contributed by atoms with Gasteiger partial charge in [0, 0.05) is 13.3 Å². The molecule has 0 heterocycles. The number of hydrogen-bond donors (Lipinski definition) is 1. The zero-order valence-corrected chi connectivity index (χ0v) is 19.4. The van der Waals surface area contributed by atoms with Crippen molar-refractivity contribution >= 4 is 17.8 Å². The van der Waals surface area contributed by atoms with Crippen molar-refractivity contribution in [3.8, 4) is 11.8 Å². The van der Waals surface area contributed by atoms with E-state index in [-0.39, 0.29) is 19.6 Å². The molecule has 0 bridgehead atoms. The van der Waals surface area contributed by atoms with Crippen molar-refractivity contribution in [1.29, 1.82) is 0 Å². The van der Waals surface area contributed by atoms with E-state index in [1.54, 1.807) is 13.8 Å². The van der Waals surface area contributed by atoms with E-state index < -0.39 is 23.4 Å². The minimum Gasteiger partial charge on any atom is -0.464 e. The molecule has 172 valence electrons. The number of amides is 1. The molecule has 0 aromatic carbocycles. The number of carbonyl (C=O) groups is 3. The van der Waals surface area contributed by atoms with Gasteiger partial charge in [-0.2, -0.15) is 0 Å². The summed E-state index contributed by atoms with van der Waals surface area (Å²) in [5, 5.41) is 2.42. The minimum absolute atomic E-state index is 0.0889. The summed E-state index contributed by atoms with van der Waals surface area (Å²) < 4.78 is 10.0. The highest BCUT2D eigenvalue weighted by molar-refractivity contribution is 6.08. The van der Waals surface area contributed by atoms with Crippen LogP contribution in [0.4, 0.5) is 0 Å². The summed E-state index contributed by atoms with van der Waals surface area (Å²) in [6, 6.07) is 0. The van der Waals surface area contributed by atoms with Gasteiger partial charge < -0.3 is 14.8 Å². The van der Waals surface area contributed by atoms with E-state index in [0.29, 0.717) is 6.42 Å². The Bertz CT molecular complexity index is 544. The van der Waals surface area contributed by atoms with Crippen LogP contribution in [0.25, 0.3) is 0 Å². The van der Waals surface area contributed by atoms with Gasteiger partial charge in [-0.25, -0.2) is 9.59 Å². The lowest BCUT2D eigenvalue weighted by molar-refractivity contribution is -0.167. The second kappa shape index (κ2) is 17.8. The van der Waals surface area contributed by atoms with Gasteiger partial charge in [-0.05, 0) is 20.3 Å². The summed E-state index contributed by atoms with van der Waals surface area (Å²) in [5.74, 6) is 3.69. The summed E-state index contributed by atoms with van der Waals surface area (Å²) in [5.41, 5.74) is -1.91. The number of unbranched alkanes of at least 4 members (excludes halogenated alkanes) is 10. The van der Waals surface area contributed by atoms with Crippen molar-refractivity contribution in [2.45, 2.75) is 110 Å². The Morgan fingerprint density at radius 1 is 0.733 bits per heavy atom. The maximum atomic E-state index is 12.5. The number of esters is 2. The maximum Gasteiger partial charge on any atom is 0.344 e. The fraction of sp³-hybridized carbons (Fsp3) is 0.792. The van der Waals surface area contributed by atoms with Crippen molar-refractivity contribution < 1.29 is 23.9 Å². The minimum atomic E-state index is -1.91. The third kappa shape index (κ3) is 11.8. The molecule has 0 aliphatic carbocycles. The molecule has 1 N–H and O–H groups in total. The standard InChI is InChI=1S/C24H41NO5/c1-5-8-9-10-11-12-13-14-15-16-17-18-19-20-24(25-21(4)26,22(27)29-6-2)23(28)30-7-3/h5-17,20H2,1-4H3,(H,25,26). The third-order valence-corrected chi connectivity index (χ3v) is 4.77. The van der Waals surface area contributed by atoms with Crippen LogP contribution < -0.4 is 5.32 Å². The Morgan fingerprint density at radius 3 is 1.63 bits per heavy atom. The van der Waals surface area contributed by atoms with E-state index in [2.05, 4.69) is 24.1 Å². The average molecular weight is 424 g/mol. The molecule has 0 saturated carbocycles. The van der Waals surface area contributed by atoms with Crippen molar-refractivity contribution in [2.75, 3.05) is 13.2 Å². The molecule has 30 heavy (non-hydrogen) atoms. The Balaban J connectivity index is 4.51. The SMILES string of the molecule is CCCCCCCCCCCCC#CCC(NC(C)=O)(C(=O)OCC)C(=O)OCC. The molecule has 0 aromatic heterocycles. The third-order valence-electron chi connectivity index (χ3n) is 4.77. The van der Waals surface area contributed by atoms with Crippen LogP contribution in [0.5, 0.6) is 0 Å². The fourth-order valence-electron chi connectivity index (χ4n) is 3.17. The lowest BCUT2D eigenvalue weighted by atomic mass is 9.95. The van der Waals surface area contributed by atoms with Crippen LogP contribution in [-0.4, -0.2) is 36.6 Å². The van der Waals surface area contributed by atoms with Crippen LogP contribution >= 0.6 is 0 Å². The monoisotopic (exact) mass is 423 g/mol. The predicted molar refractivity (Wildman–Crippen MR) is 119 cm³/mol. The first kappa shape index (κ1) is 28.0. The highest BCUT2D eigenvalue weighted by Crippen LogP contribution is 2.16. The lowest BCUT2D eigenvalue weighted by Gasteiger charge is -2.27. The Morgan fingerprint density at radius 2 is 1.20 bits per heavy atom. The van der Waals surface area contributed by atoms with E-state index in [1.165, 1.54) is 58.3 Å². The molecule has 0 fully saturated rings. The summed E-state index contributed by atoms with van der Waals surface area (Å²) in [6.45, 7) is 6.93. The van der Waals surface area contributed by atoms with Crippen LogP contribution in [0.2, 0.25) is 0 Å². The zero-order chi connectivity index (χ0) is 22.7. The van der Waals surface area contributed by atoms with Crippen LogP contribution in [0.15, 0.2) is 0 Å². The maximum absolute atomic E-state index is 12.5. The summed E-state index contributed by atoms with van der Waals surface area (Å²) >= 11 is 0. The van der Waals surface area contributed by atoms with Gasteiger partial charge >= 0.3 is 11.9 Å².